The summed E-state index contributed by atoms with van der Waals surface area (Å²) in [6.07, 6.45) is 4.39. The summed E-state index contributed by atoms with van der Waals surface area (Å²) in [6, 6.07) is 0. The van der Waals surface area contributed by atoms with Gasteiger partial charge in [0.15, 0.2) is 5.43 Å². The minimum Gasteiger partial charge on any atom is -0.362 e. The van der Waals surface area contributed by atoms with E-state index in [1.807, 2.05) is 27.7 Å². The van der Waals surface area contributed by atoms with Crippen LogP contribution in [0, 0.1) is 13.8 Å². The third-order valence-corrected chi connectivity index (χ3v) is 2.98. The predicted molar refractivity (Wildman–Crippen MR) is 64.5 cm³/mol. The van der Waals surface area contributed by atoms with E-state index < -0.39 is 0 Å². The van der Waals surface area contributed by atoms with Crippen molar-refractivity contribution in [1.29, 1.82) is 0 Å². The molecule has 1 aromatic heterocycles. The summed E-state index contributed by atoms with van der Waals surface area (Å²) in [5.74, 6) is 0. The highest BCUT2D eigenvalue weighted by molar-refractivity contribution is 5.30. The van der Waals surface area contributed by atoms with Crippen LogP contribution < -0.4 is 5.43 Å². The average Bonchev–Trinajstić information content (AvgIpc) is 2.29. The molecule has 0 radical (unpaired) electrons. The lowest BCUT2D eigenvalue weighted by atomic mass is 9.94. The SMILES string of the molecule is CC.Cc1[nH]c2c(c(=O)c1C)CCCC2. The van der Waals surface area contributed by atoms with Gasteiger partial charge in [-0.3, -0.25) is 4.79 Å². The third-order valence-electron chi connectivity index (χ3n) is 2.98. The fourth-order valence-corrected chi connectivity index (χ4v) is 2.01. The van der Waals surface area contributed by atoms with Crippen molar-refractivity contribution in [2.45, 2.75) is 53.4 Å². The number of fused-ring (bicyclic) bond motifs is 1. The lowest BCUT2D eigenvalue weighted by Crippen LogP contribution is -2.21. The second-order valence-electron chi connectivity index (χ2n) is 3.87. The molecule has 2 nitrogen and oxygen atoms in total. The maximum atomic E-state index is 11.8. The molecular formula is C13H21NO. The van der Waals surface area contributed by atoms with Gasteiger partial charge in [-0.05, 0) is 39.5 Å². The molecular weight excluding hydrogens is 186 g/mol. The maximum Gasteiger partial charge on any atom is 0.188 e. The molecule has 1 aliphatic carbocycles. The summed E-state index contributed by atoms with van der Waals surface area (Å²) >= 11 is 0. The molecule has 1 aromatic rings. The number of aromatic amines is 1. The number of nitrogens with one attached hydrogen (secondary N) is 1. The molecule has 0 fully saturated rings. The Labute approximate surface area is 91.7 Å². The minimum atomic E-state index is 0.269. The predicted octanol–water partition coefficient (Wildman–Crippen LogP) is 2.90. The second-order valence-corrected chi connectivity index (χ2v) is 3.87. The zero-order valence-corrected chi connectivity index (χ0v) is 10.2. The molecule has 0 amide bonds. The largest absolute Gasteiger partial charge is 0.362 e. The Morgan fingerprint density at radius 3 is 2.33 bits per heavy atom. The maximum absolute atomic E-state index is 11.8. The Balaban J connectivity index is 0.000000531. The summed E-state index contributed by atoms with van der Waals surface area (Å²) < 4.78 is 0. The Kier molecular flexibility index (Phi) is 4.13. The van der Waals surface area contributed by atoms with Crippen molar-refractivity contribution in [3.63, 3.8) is 0 Å². The van der Waals surface area contributed by atoms with Crippen LogP contribution in [0.2, 0.25) is 0 Å². The molecule has 1 heterocycles. The second kappa shape index (κ2) is 5.15. The van der Waals surface area contributed by atoms with Crippen LogP contribution in [0.15, 0.2) is 4.79 Å². The van der Waals surface area contributed by atoms with E-state index in [-0.39, 0.29) is 5.43 Å². The van der Waals surface area contributed by atoms with Crippen molar-refractivity contribution in [2.24, 2.45) is 0 Å². The van der Waals surface area contributed by atoms with Crippen LogP contribution in [-0.2, 0) is 12.8 Å². The first-order chi connectivity index (χ1) is 7.20. The Morgan fingerprint density at radius 2 is 1.67 bits per heavy atom. The van der Waals surface area contributed by atoms with Crippen molar-refractivity contribution in [3.8, 4) is 0 Å². The number of rotatable bonds is 0. The molecule has 2 heteroatoms. The van der Waals surface area contributed by atoms with E-state index in [2.05, 4.69) is 4.98 Å². The molecule has 0 spiro atoms. The normalized spacial score (nSPS) is 13.9. The van der Waals surface area contributed by atoms with Gasteiger partial charge in [0.2, 0.25) is 0 Å². The molecule has 0 bridgehead atoms. The summed E-state index contributed by atoms with van der Waals surface area (Å²) in [5, 5.41) is 0. The highest BCUT2D eigenvalue weighted by Gasteiger charge is 2.15. The van der Waals surface area contributed by atoms with Crippen molar-refractivity contribution in [2.75, 3.05) is 0 Å². The van der Waals surface area contributed by atoms with Crippen LogP contribution in [0.3, 0.4) is 0 Å². The average molecular weight is 207 g/mol. The molecule has 0 saturated heterocycles. The molecule has 84 valence electrons. The Bertz CT molecular complexity index is 390. The zero-order chi connectivity index (χ0) is 11.4. The fraction of sp³-hybridized carbons (Fsp3) is 0.615. The Morgan fingerprint density at radius 1 is 1.07 bits per heavy atom. The van der Waals surface area contributed by atoms with Crippen molar-refractivity contribution >= 4 is 0 Å². The van der Waals surface area contributed by atoms with E-state index in [0.717, 1.165) is 29.7 Å². The number of aryl methyl sites for hydroxylation is 2. The molecule has 0 saturated carbocycles. The Hall–Kier alpha value is -1.05. The topological polar surface area (TPSA) is 32.9 Å². The van der Waals surface area contributed by atoms with E-state index in [0.29, 0.717) is 0 Å². The number of H-pyrrole nitrogens is 1. The zero-order valence-electron chi connectivity index (χ0n) is 10.2. The van der Waals surface area contributed by atoms with E-state index in [1.54, 1.807) is 0 Å². The summed E-state index contributed by atoms with van der Waals surface area (Å²) in [7, 11) is 0. The molecule has 0 atom stereocenters. The first kappa shape index (κ1) is 12.0. The highest BCUT2D eigenvalue weighted by Crippen LogP contribution is 2.17. The number of hydrogen-bond donors (Lipinski definition) is 1. The van der Waals surface area contributed by atoms with Gasteiger partial charge < -0.3 is 4.98 Å². The van der Waals surface area contributed by atoms with E-state index >= 15 is 0 Å². The first-order valence-electron chi connectivity index (χ1n) is 5.91. The molecule has 1 N–H and O–H groups in total. The first-order valence-corrected chi connectivity index (χ1v) is 5.91. The smallest absolute Gasteiger partial charge is 0.188 e. The highest BCUT2D eigenvalue weighted by atomic mass is 16.1. The molecule has 2 rings (SSSR count). The van der Waals surface area contributed by atoms with E-state index in [4.69, 9.17) is 0 Å². The van der Waals surface area contributed by atoms with Gasteiger partial charge in [0.25, 0.3) is 0 Å². The van der Waals surface area contributed by atoms with Gasteiger partial charge in [0.05, 0.1) is 0 Å². The summed E-state index contributed by atoms with van der Waals surface area (Å²) in [6.45, 7) is 7.88. The fourth-order valence-electron chi connectivity index (χ4n) is 2.01. The van der Waals surface area contributed by atoms with Crippen LogP contribution in [0.25, 0.3) is 0 Å². The lowest BCUT2D eigenvalue weighted by Gasteiger charge is -2.16. The van der Waals surface area contributed by atoms with Crippen molar-refractivity contribution < 1.29 is 0 Å². The minimum absolute atomic E-state index is 0.269. The lowest BCUT2D eigenvalue weighted by molar-refractivity contribution is 0.659. The van der Waals surface area contributed by atoms with Crippen molar-refractivity contribution in [1.82, 2.24) is 4.98 Å². The van der Waals surface area contributed by atoms with Gasteiger partial charge in [0, 0.05) is 22.5 Å². The van der Waals surface area contributed by atoms with Gasteiger partial charge in [-0.2, -0.15) is 0 Å². The number of aromatic nitrogens is 1. The summed E-state index contributed by atoms with van der Waals surface area (Å²) in [4.78, 5) is 15.2. The molecule has 1 aliphatic rings. The number of pyridine rings is 1. The van der Waals surface area contributed by atoms with Crippen molar-refractivity contribution in [3.05, 3.63) is 32.7 Å². The van der Waals surface area contributed by atoms with Crippen LogP contribution in [0.5, 0.6) is 0 Å². The summed E-state index contributed by atoms with van der Waals surface area (Å²) in [5.41, 5.74) is 4.41. The quantitative estimate of drug-likeness (QED) is 0.697. The molecule has 0 aliphatic heterocycles. The van der Waals surface area contributed by atoms with Gasteiger partial charge in [-0.15, -0.1) is 0 Å². The van der Waals surface area contributed by atoms with Crippen LogP contribution in [0.1, 0.15) is 49.2 Å². The van der Waals surface area contributed by atoms with Gasteiger partial charge in [-0.25, -0.2) is 0 Å². The van der Waals surface area contributed by atoms with Crippen LogP contribution >= 0.6 is 0 Å². The standard InChI is InChI=1S/C11H15NO.C2H6/c1-7-8(2)12-10-6-4-3-5-9(10)11(7)13;1-2/h3-6H2,1-2H3,(H,12,13);1-2H3. The molecule has 0 unspecified atom stereocenters. The number of hydrogen-bond acceptors (Lipinski definition) is 1. The van der Waals surface area contributed by atoms with E-state index in [1.165, 1.54) is 18.5 Å². The van der Waals surface area contributed by atoms with Crippen LogP contribution in [-0.4, -0.2) is 4.98 Å². The van der Waals surface area contributed by atoms with Gasteiger partial charge >= 0.3 is 0 Å². The van der Waals surface area contributed by atoms with E-state index in [9.17, 15) is 4.79 Å². The monoisotopic (exact) mass is 207 g/mol. The third kappa shape index (κ3) is 2.31. The molecule has 15 heavy (non-hydrogen) atoms. The molecule has 0 aromatic carbocycles. The van der Waals surface area contributed by atoms with Gasteiger partial charge in [-0.1, -0.05) is 13.8 Å². The van der Waals surface area contributed by atoms with Gasteiger partial charge in [0.1, 0.15) is 0 Å². The van der Waals surface area contributed by atoms with Crippen LogP contribution in [0.4, 0.5) is 0 Å².